The Kier molecular flexibility index (Phi) is 43.7. The largest absolute Gasteiger partial charge is 0.481 e. The van der Waals surface area contributed by atoms with Gasteiger partial charge in [-0.2, -0.15) is 0 Å². The second-order valence-electron chi connectivity index (χ2n) is 30.2. The fourth-order valence-corrected chi connectivity index (χ4v) is 14.0. The Morgan fingerprint density at radius 1 is 0.475 bits per heavy atom. The van der Waals surface area contributed by atoms with Crippen molar-refractivity contribution in [3.05, 3.63) is 90.3 Å². The van der Waals surface area contributed by atoms with Crippen LogP contribution in [0.15, 0.2) is 73.4 Å². The highest BCUT2D eigenvalue weighted by Gasteiger charge is 2.38. The van der Waals surface area contributed by atoms with Crippen molar-refractivity contribution in [1.82, 2.24) is 78.4 Å². The number of nitrogens with one attached hydrogen (secondary N) is 14. The number of carbonyl (C=O) groups is 16. The molecule has 0 saturated heterocycles. The first-order valence-electron chi connectivity index (χ1n) is 39.9. The van der Waals surface area contributed by atoms with Gasteiger partial charge in [0.15, 0.2) is 0 Å². The Morgan fingerprint density at radius 2 is 0.943 bits per heavy atom. The number of hydrogen-bond donors (Lipinski definition) is 21. The number of imidazole rings is 1. The summed E-state index contributed by atoms with van der Waals surface area (Å²) in [6, 6.07) is -3.35. The number of rotatable bonds is 57. The number of aliphatic carboxylic acids is 2. The first-order valence-corrected chi connectivity index (χ1v) is 41.9. The molecule has 13 atom stereocenters. The first kappa shape index (κ1) is 102. The lowest BCUT2D eigenvalue weighted by Gasteiger charge is -2.28. The number of carbonyl (C=O) groups excluding carboxylic acids is 14. The van der Waals surface area contributed by atoms with E-state index < -0.39 is 209 Å². The van der Waals surface area contributed by atoms with E-state index in [4.69, 9.17) is 37.1 Å². The van der Waals surface area contributed by atoms with Crippen LogP contribution >= 0.6 is 23.5 Å². The van der Waals surface area contributed by atoms with Crippen molar-refractivity contribution in [2.75, 3.05) is 64.2 Å². The molecule has 0 fully saturated rings. The van der Waals surface area contributed by atoms with Crippen LogP contribution in [0, 0.1) is 17.8 Å². The maximum absolute atomic E-state index is 14.8. The summed E-state index contributed by atoms with van der Waals surface area (Å²) in [6.07, 6.45) is 2.04. The molecular weight excluding hydrogens is 1630 g/mol. The molecule has 0 aliphatic rings. The maximum Gasteiger partial charge on any atom is 0.305 e. The fraction of sp³-hybridized carbons (Fsp3) is 0.557. The minimum absolute atomic E-state index is 0.0627. The molecule has 43 heteroatoms. The van der Waals surface area contributed by atoms with Crippen LogP contribution in [0.4, 0.5) is 0 Å². The number of hydrogen-bond acceptors (Lipinski definition) is 26. The Labute approximate surface area is 713 Å². The monoisotopic (exact) mass is 1750 g/mol. The number of benzene rings is 2. The second kappa shape index (κ2) is 52.4. The number of para-hydroxylation sites is 2. The number of fused-ring (bicyclic) bond motifs is 2. The van der Waals surface area contributed by atoms with E-state index in [9.17, 15) is 92.0 Å². The number of carboxylic acid groups (broad SMARTS) is 2. The highest BCUT2D eigenvalue weighted by Crippen LogP contribution is 2.24. The van der Waals surface area contributed by atoms with Gasteiger partial charge in [-0.25, -0.2) is 4.98 Å². The van der Waals surface area contributed by atoms with Crippen molar-refractivity contribution in [2.45, 2.75) is 198 Å². The number of carboxylic acids is 2. The Hall–Kier alpha value is -10.9. The summed E-state index contributed by atoms with van der Waals surface area (Å²) in [4.78, 5) is 231. The van der Waals surface area contributed by atoms with Crippen molar-refractivity contribution >= 4 is 138 Å². The van der Waals surface area contributed by atoms with E-state index in [2.05, 4.69) is 78.4 Å². The Balaban J connectivity index is 1.26. The molecule has 0 unspecified atom stereocenters. The Bertz CT molecular complexity index is 4330. The van der Waals surface area contributed by atoms with Gasteiger partial charge < -0.3 is 126 Å². The molecule has 0 bridgehead atoms. The zero-order chi connectivity index (χ0) is 90.3. The van der Waals surface area contributed by atoms with Crippen LogP contribution in [0.5, 0.6) is 0 Å². The molecule has 25 N–H and O–H groups in total. The third-order valence-corrected chi connectivity index (χ3v) is 20.9. The predicted octanol–water partition coefficient (Wildman–Crippen LogP) is -2.70. The number of nitrogens with two attached hydrogens (primary N) is 4. The number of aromatic amines is 3. The quantitative estimate of drug-likeness (QED) is 0.0176. The van der Waals surface area contributed by atoms with Gasteiger partial charge in [-0.1, -0.05) is 101 Å². The van der Waals surface area contributed by atoms with Crippen LogP contribution in [0.1, 0.15) is 117 Å². The van der Waals surface area contributed by atoms with E-state index in [0.717, 1.165) is 10.9 Å². The average Bonchev–Trinajstić information content (AvgIpc) is 1.48. The van der Waals surface area contributed by atoms with Crippen molar-refractivity contribution in [1.29, 1.82) is 0 Å². The molecular formula is C79H117N19O22S2. The van der Waals surface area contributed by atoms with Crippen molar-refractivity contribution in [3.63, 3.8) is 0 Å². The summed E-state index contributed by atoms with van der Waals surface area (Å²) in [7, 11) is 0. The second-order valence-corrected chi connectivity index (χ2v) is 32.3. The minimum atomic E-state index is -1.66. The number of amides is 12. The molecule has 2 aromatic carbocycles. The lowest BCUT2D eigenvalue weighted by molar-refractivity contribution is -0.139. The lowest BCUT2D eigenvalue weighted by atomic mass is 9.98. The van der Waals surface area contributed by atoms with Crippen LogP contribution in [-0.4, -0.2) is 271 Å². The van der Waals surface area contributed by atoms with Crippen molar-refractivity contribution < 1.29 is 106 Å². The average molecular weight is 1750 g/mol. The molecule has 3 heterocycles. The van der Waals surface area contributed by atoms with Crippen molar-refractivity contribution in [3.8, 4) is 0 Å². The van der Waals surface area contributed by atoms with E-state index in [1.807, 2.05) is 0 Å². The first-order chi connectivity index (χ1) is 57.8. The smallest absolute Gasteiger partial charge is 0.305 e. The predicted molar refractivity (Wildman–Crippen MR) is 450 cm³/mol. The number of thioether (sulfide) groups is 2. The topological polar surface area (TPSA) is 658 Å². The third kappa shape index (κ3) is 35.6. The number of aliphatic hydroxyl groups excluding tert-OH is 1. The molecule has 41 nitrogen and oxygen atoms in total. The van der Waals surface area contributed by atoms with Gasteiger partial charge >= 0.3 is 11.9 Å². The number of nitrogens with zero attached hydrogens (tertiary/aromatic N) is 1. The summed E-state index contributed by atoms with van der Waals surface area (Å²) in [5, 5.41) is 57.2. The molecule has 122 heavy (non-hydrogen) atoms. The SMILES string of the molecule is CC(C)C[C@H](NC(=O)[C@H](Cc1c[nH]cn1)NC(=O)[C@H](Cc1c[nH]c2ccccc12)NC(=O)[C@H](C)NC(=O)[C@@H](N)CSC(=O)[C@H](CC(=O)O)NC(=O)CCCOCCOCCOCCN)C(=O)NCC(=O)N[C@@H](CCC(=O)O)C(=O)N[C@@H](CC(C)C)C(=O)N[C@H](C(=O)N[C@@H](Cc1c[nH]c2ccccc12)C(=O)SC[C@H](N)C(=O)N[C@H](C(N)=O)[C@@H](C)O)C(C)C. The van der Waals surface area contributed by atoms with Gasteiger partial charge in [0.25, 0.3) is 0 Å². The van der Waals surface area contributed by atoms with Crippen LogP contribution in [0.2, 0.25) is 0 Å². The standard InChI is InChI=1S/C79H117N19O22S2/c1-41(2)28-56(72(110)87-37-63(101)90-55(19-20-64(102)103)73(111)94-57(29-42(3)4)76(114)97-66(43(5)6)77(115)96-60(31-47-35-86-54-17-12-10-15-50(47)54)78(116)121-39-52(82)71(109)98-67(45(8)99)68(83)106)93-75(113)59(32-48-36-84-40-88-48)95-74(112)58(30-46-34-85-53-16-11-9-14-49(46)53)92-69(107)44(7)89-70(108)51(81)38-122-79(117)61(33-65(104)105)91-62(100)18-13-22-118-24-26-120-27-25-119-23-21-80/h9-12,14-17,34-36,40-45,51-52,55-61,66-67,85-86,99H,13,18-33,37-39,80-82H2,1-8H3,(H2,83,106)(H,84,88)(H,87,110)(H,89,108)(H,90,101)(H,91,100)(H,92,107)(H,93,113)(H,94,111)(H,95,112)(H,96,115)(H,97,114)(H,98,109)(H,102,103)(H,104,105)/t44-,45+,51-,52-,55-,56-,57-,58-,59-,60-,61-,66-,67-/m0/s1. The number of aromatic nitrogens is 4. The van der Waals surface area contributed by atoms with Gasteiger partial charge in [0, 0.05) is 97.2 Å². The number of primary amides is 1. The van der Waals surface area contributed by atoms with Gasteiger partial charge in [-0.3, -0.25) is 76.7 Å². The molecule has 0 aliphatic carbocycles. The highest BCUT2D eigenvalue weighted by atomic mass is 32.2. The third-order valence-electron chi connectivity index (χ3n) is 18.7. The minimum Gasteiger partial charge on any atom is -0.481 e. The van der Waals surface area contributed by atoms with E-state index in [-0.39, 0.29) is 88.0 Å². The molecule has 0 saturated carbocycles. The molecule has 5 rings (SSSR count). The molecule has 0 radical (unpaired) electrons. The van der Waals surface area contributed by atoms with E-state index in [0.29, 0.717) is 71.9 Å². The lowest BCUT2D eigenvalue weighted by Crippen LogP contribution is -2.60. The normalized spacial score (nSPS) is 14.6. The molecule has 0 spiro atoms. The van der Waals surface area contributed by atoms with Gasteiger partial charge in [-0.15, -0.1) is 0 Å². The summed E-state index contributed by atoms with van der Waals surface area (Å²) in [6.45, 7) is 14.0. The van der Waals surface area contributed by atoms with Gasteiger partial charge in [-0.05, 0) is 80.5 Å². The summed E-state index contributed by atoms with van der Waals surface area (Å²) in [5.74, 6) is -15.8. The fourth-order valence-electron chi connectivity index (χ4n) is 12.3. The molecule has 0 aliphatic heterocycles. The zero-order valence-electron chi connectivity index (χ0n) is 69.5. The summed E-state index contributed by atoms with van der Waals surface area (Å²) >= 11 is 1.08. The summed E-state index contributed by atoms with van der Waals surface area (Å²) < 4.78 is 16.1. The molecule has 5 aromatic rings. The number of H-pyrrole nitrogens is 3. The van der Waals surface area contributed by atoms with Crippen LogP contribution in [-0.2, 0) is 110 Å². The van der Waals surface area contributed by atoms with Crippen LogP contribution in [0.3, 0.4) is 0 Å². The molecule has 672 valence electrons. The van der Waals surface area contributed by atoms with Crippen LogP contribution < -0.4 is 81.4 Å². The highest BCUT2D eigenvalue weighted by molar-refractivity contribution is 8.14. The van der Waals surface area contributed by atoms with Crippen molar-refractivity contribution in [2.24, 2.45) is 40.7 Å². The van der Waals surface area contributed by atoms with E-state index in [1.54, 1.807) is 102 Å². The Morgan fingerprint density at radius 3 is 1.46 bits per heavy atom. The number of aliphatic hydroxyl groups is 1. The van der Waals surface area contributed by atoms with Gasteiger partial charge in [0.2, 0.25) is 81.1 Å². The van der Waals surface area contributed by atoms with E-state index in [1.165, 1.54) is 26.4 Å². The summed E-state index contributed by atoms with van der Waals surface area (Å²) in [5.41, 5.74) is 25.8. The molecule has 3 aromatic heterocycles. The van der Waals surface area contributed by atoms with Gasteiger partial charge in [0.05, 0.1) is 76.2 Å². The van der Waals surface area contributed by atoms with Crippen LogP contribution in [0.25, 0.3) is 21.8 Å². The molecule has 12 amide bonds. The number of ether oxygens (including phenoxy) is 3. The maximum atomic E-state index is 14.8. The van der Waals surface area contributed by atoms with E-state index >= 15 is 0 Å². The van der Waals surface area contributed by atoms with Gasteiger partial charge in [0.1, 0.15) is 60.4 Å². The zero-order valence-corrected chi connectivity index (χ0v) is 71.1.